The fourth-order valence-corrected chi connectivity index (χ4v) is 6.35. The molecule has 0 N–H and O–H groups in total. The lowest BCUT2D eigenvalue weighted by molar-refractivity contribution is 0.0960. The van der Waals surface area contributed by atoms with Crippen molar-refractivity contribution in [2.75, 3.05) is 20.8 Å². The van der Waals surface area contributed by atoms with Crippen LogP contribution in [0.25, 0.3) is 0 Å². The summed E-state index contributed by atoms with van der Waals surface area (Å²) in [5, 5.41) is 0. The summed E-state index contributed by atoms with van der Waals surface area (Å²) in [6, 6.07) is 0. The zero-order valence-corrected chi connectivity index (χ0v) is 12.6. The van der Waals surface area contributed by atoms with Gasteiger partial charge in [-0.15, -0.1) is 0 Å². The van der Waals surface area contributed by atoms with Gasteiger partial charge in [-0.05, 0) is 60.7 Å². The molecule has 0 aromatic heterocycles. The zero-order valence-electron chi connectivity index (χ0n) is 11.7. The van der Waals surface area contributed by atoms with Crippen molar-refractivity contribution in [3.8, 4) is 0 Å². The van der Waals surface area contributed by atoms with Gasteiger partial charge in [-0.2, -0.15) is 0 Å². The standard InChI is InChI=1S/C15H23O3P/c1-16-19(17-2)18-8-12-6-11-7-13(12)15-10-4-3-9(5-10)14(11)15/h3-4,9-15H,5-8H2,1-2H3. The second-order valence-corrected chi connectivity index (χ2v) is 8.08. The van der Waals surface area contributed by atoms with Crippen molar-refractivity contribution in [3.05, 3.63) is 12.2 Å². The smallest absolute Gasteiger partial charge is 0.316 e. The number of rotatable bonds is 5. The van der Waals surface area contributed by atoms with E-state index in [-0.39, 0.29) is 0 Å². The van der Waals surface area contributed by atoms with Crippen molar-refractivity contribution >= 4 is 8.60 Å². The van der Waals surface area contributed by atoms with E-state index in [0.29, 0.717) is 0 Å². The van der Waals surface area contributed by atoms with Gasteiger partial charge in [0.25, 0.3) is 0 Å². The van der Waals surface area contributed by atoms with E-state index < -0.39 is 8.60 Å². The van der Waals surface area contributed by atoms with Gasteiger partial charge >= 0.3 is 8.60 Å². The average Bonchev–Trinajstić information content (AvgIpc) is 3.18. The maximum absolute atomic E-state index is 5.81. The van der Waals surface area contributed by atoms with E-state index in [1.165, 1.54) is 19.3 Å². The molecule has 106 valence electrons. The molecule has 4 heteroatoms. The van der Waals surface area contributed by atoms with Crippen LogP contribution in [0.2, 0.25) is 0 Å². The number of fused-ring (bicyclic) bond motifs is 9. The molecule has 4 rings (SSSR count). The summed E-state index contributed by atoms with van der Waals surface area (Å²) < 4.78 is 16.2. The molecule has 0 radical (unpaired) electrons. The number of hydrogen-bond donors (Lipinski definition) is 0. The lowest BCUT2D eigenvalue weighted by Crippen LogP contribution is -2.32. The Morgan fingerprint density at radius 3 is 2.47 bits per heavy atom. The first-order valence-corrected chi connectivity index (χ1v) is 8.61. The molecule has 0 aromatic rings. The molecule has 7 unspecified atom stereocenters. The predicted octanol–water partition coefficient (Wildman–Crippen LogP) is 3.62. The lowest BCUT2D eigenvalue weighted by Gasteiger charge is -2.36. The Morgan fingerprint density at radius 2 is 1.74 bits per heavy atom. The van der Waals surface area contributed by atoms with E-state index in [4.69, 9.17) is 13.6 Å². The normalized spacial score (nSPS) is 49.5. The summed E-state index contributed by atoms with van der Waals surface area (Å²) in [7, 11) is 2.20. The van der Waals surface area contributed by atoms with Crippen LogP contribution in [-0.2, 0) is 13.6 Å². The highest BCUT2D eigenvalue weighted by Crippen LogP contribution is 2.67. The minimum atomic E-state index is -1.12. The molecule has 0 amide bonds. The topological polar surface area (TPSA) is 27.7 Å². The first-order chi connectivity index (χ1) is 9.31. The van der Waals surface area contributed by atoms with Gasteiger partial charge in [-0.25, -0.2) is 0 Å². The van der Waals surface area contributed by atoms with Gasteiger partial charge in [0.15, 0.2) is 0 Å². The van der Waals surface area contributed by atoms with Gasteiger partial charge in [0.05, 0.1) is 6.61 Å². The molecule has 0 spiro atoms. The first kappa shape index (κ1) is 12.8. The van der Waals surface area contributed by atoms with E-state index in [0.717, 1.165) is 48.0 Å². The molecule has 4 bridgehead atoms. The van der Waals surface area contributed by atoms with Crippen LogP contribution in [0.4, 0.5) is 0 Å². The second-order valence-electron chi connectivity index (χ2n) is 6.64. The predicted molar refractivity (Wildman–Crippen MR) is 74.3 cm³/mol. The van der Waals surface area contributed by atoms with Gasteiger partial charge in [0.2, 0.25) is 0 Å². The lowest BCUT2D eigenvalue weighted by atomic mass is 9.70. The molecule has 0 aliphatic heterocycles. The molecule has 4 aliphatic rings. The summed E-state index contributed by atoms with van der Waals surface area (Å²) in [4.78, 5) is 0. The van der Waals surface area contributed by atoms with Crippen molar-refractivity contribution in [3.63, 3.8) is 0 Å². The third-order valence-corrected chi connectivity index (χ3v) is 7.06. The summed E-state index contributed by atoms with van der Waals surface area (Å²) >= 11 is 0. The highest BCUT2D eigenvalue weighted by atomic mass is 31.2. The zero-order chi connectivity index (χ0) is 13.0. The highest BCUT2D eigenvalue weighted by Gasteiger charge is 2.60. The molecule has 0 heterocycles. The van der Waals surface area contributed by atoms with Crippen molar-refractivity contribution in [1.29, 1.82) is 0 Å². The second kappa shape index (κ2) is 4.80. The van der Waals surface area contributed by atoms with E-state index in [1.807, 2.05) is 0 Å². The van der Waals surface area contributed by atoms with Crippen molar-refractivity contribution < 1.29 is 13.6 Å². The van der Waals surface area contributed by atoms with Gasteiger partial charge in [-0.3, -0.25) is 0 Å². The Kier molecular flexibility index (Phi) is 3.23. The minimum absolute atomic E-state index is 0.745. The van der Waals surface area contributed by atoms with E-state index >= 15 is 0 Å². The van der Waals surface area contributed by atoms with E-state index in [2.05, 4.69) is 12.2 Å². The Morgan fingerprint density at radius 1 is 1.00 bits per heavy atom. The minimum Gasteiger partial charge on any atom is -0.316 e. The van der Waals surface area contributed by atoms with Gasteiger partial charge in [-0.1, -0.05) is 12.2 Å². The molecule has 4 aliphatic carbocycles. The summed E-state index contributed by atoms with van der Waals surface area (Å²) in [5.41, 5.74) is 0. The Balaban J connectivity index is 1.41. The van der Waals surface area contributed by atoms with Crippen LogP contribution in [0.3, 0.4) is 0 Å². The monoisotopic (exact) mass is 282 g/mol. The van der Waals surface area contributed by atoms with Crippen LogP contribution in [0.15, 0.2) is 12.2 Å². The molecular weight excluding hydrogens is 259 g/mol. The van der Waals surface area contributed by atoms with Crippen molar-refractivity contribution in [1.82, 2.24) is 0 Å². The van der Waals surface area contributed by atoms with Crippen LogP contribution in [0.1, 0.15) is 19.3 Å². The summed E-state index contributed by atoms with van der Waals surface area (Å²) in [6.07, 6.45) is 9.28. The van der Waals surface area contributed by atoms with E-state index in [1.54, 1.807) is 14.2 Å². The van der Waals surface area contributed by atoms with Crippen molar-refractivity contribution in [2.24, 2.45) is 41.4 Å². The van der Waals surface area contributed by atoms with Crippen LogP contribution in [0.5, 0.6) is 0 Å². The molecule has 0 saturated heterocycles. The van der Waals surface area contributed by atoms with Crippen molar-refractivity contribution in [2.45, 2.75) is 19.3 Å². The fourth-order valence-electron chi connectivity index (χ4n) is 5.68. The van der Waals surface area contributed by atoms with Crippen LogP contribution < -0.4 is 0 Å². The van der Waals surface area contributed by atoms with Crippen LogP contribution in [-0.4, -0.2) is 20.8 Å². The molecule has 19 heavy (non-hydrogen) atoms. The van der Waals surface area contributed by atoms with E-state index in [9.17, 15) is 0 Å². The molecule has 3 nitrogen and oxygen atoms in total. The average molecular weight is 282 g/mol. The summed E-state index contributed by atoms with van der Waals surface area (Å²) in [5.74, 6) is 6.41. The first-order valence-electron chi connectivity index (χ1n) is 7.51. The van der Waals surface area contributed by atoms with Gasteiger partial charge in [0, 0.05) is 14.2 Å². The maximum Gasteiger partial charge on any atom is 0.332 e. The van der Waals surface area contributed by atoms with Gasteiger partial charge < -0.3 is 13.6 Å². The third-order valence-electron chi connectivity index (χ3n) is 6.10. The molecule has 3 fully saturated rings. The molecule has 0 aromatic carbocycles. The Bertz CT molecular complexity index is 382. The number of allylic oxidation sites excluding steroid dienone is 2. The maximum atomic E-state index is 5.81. The largest absolute Gasteiger partial charge is 0.332 e. The molecular formula is C15H23O3P. The molecule has 7 atom stereocenters. The number of hydrogen-bond acceptors (Lipinski definition) is 3. The quantitative estimate of drug-likeness (QED) is 0.438. The van der Waals surface area contributed by atoms with Crippen LogP contribution >= 0.6 is 8.60 Å². The highest BCUT2D eigenvalue weighted by molar-refractivity contribution is 7.41. The SMILES string of the molecule is COP(OC)OCC1CC2CC1C1C3C=CC(C3)C21. The fraction of sp³-hybridized carbons (Fsp3) is 0.867. The molecule has 3 saturated carbocycles. The van der Waals surface area contributed by atoms with Crippen LogP contribution in [0, 0.1) is 41.4 Å². The van der Waals surface area contributed by atoms with Gasteiger partial charge in [0.1, 0.15) is 0 Å². The Hall–Kier alpha value is 0.0500. The third kappa shape index (κ3) is 1.86. The summed E-state index contributed by atoms with van der Waals surface area (Å²) in [6.45, 7) is 0.832. The Labute approximate surface area is 116 Å².